The zero-order chi connectivity index (χ0) is 22.2. The molecule has 33 heavy (non-hydrogen) atoms. The lowest BCUT2D eigenvalue weighted by Crippen LogP contribution is -2.35. The van der Waals surface area contributed by atoms with Gasteiger partial charge in [0.1, 0.15) is 5.75 Å². The molecule has 3 N–H and O–H groups in total. The Morgan fingerprint density at radius 1 is 1.12 bits per heavy atom. The van der Waals surface area contributed by atoms with Crippen molar-refractivity contribution in [3.63, 3.8) is 0 Å². The minimum absolute atomic E-state index is 0. The van der Waals surface area contributed by atoms with Gasteiger partial charge < -0.3 is 25.6 Å². The van der Waals surface area contributed by atoms with E-state index in [1.54, 1.807) is 0 Å². The van der Waals surface area contributed by atoms with E-state index in [0.717, 1.165) is 62.3 Å². The summed E-state index contributed by atoms with van der Waals surface area (Å²) >= 11 is 0. The number of carbonyl (C=O) groups is 1. The summed E-state index contributed by atoms with van der Waals surface area (Å²) in [6.45, 7) is 8.58. The molecule has 2 aliphatic heterocycles. The first kappa shape index (κ1) is 24.6. The molecular formula is C26H37N5O2. The first-order valence-corrected chi connectivity index (χ1v) is 11.6. The highest BCUT2D eigenvalue weighted by Crippen LogP contribution is 2.20. The lowest BCUT2D eigenvalue weighted by Gasteiger charge is -2.30. The van der Waals surface area contributed by atoms with E-state index >= 15 is 0 Å². The molecule has 2 aromatic carbocycles. The molecule has 2 heterocycles. The van der Waals surface area contributed by atoms with Crippen molar-refractivity contribution < 1.29 is 9.53 Å². The molecule has 0 aromatic heterocycles. The van der Waals surface area contributed by atoms with Crippen molar-refractivity contribution in [1.82, 2.24) is 15.5 Å². The number of nitrogens with zero attached hydrogens (tertiary/aromatic N) is 2. The van der Waals surface area contributed by atoms with Crippen LogP contribution < -0.4 is 20.7 Å². The van der Waals surface area contributed by atoms with Crippen molar-refractivity contribution >= 4 is 17.6 Å². The zero-order valence-corrected chi connectivity index (χ0v) is 18.8. The average molecular weight is 452 g/mol. The standard InChI is InChI=1S/C25H33N5O2.CH4/c1-2-30-15-11-20(12-16-30)18-32-23-9-5-21(6-10-23)24(31)28-17-19-3-7-22(8-4-19)29-25-26-13-14-27-25;/h3-10,20H,2,11-18H2,1H3,(H,28,31)(H2,26,27,29);1H4. The van der Waals surface area contributed by atoms with Gasteiger partial charge in [0.25, 0.3) is 5.91 Å². The lowest BCUT2D eigenvalue weighted by molar-refractivity contribution is 0.0951. The summed E-state index contributed by atoms with van der Waals surface area (Å²) in [6.07, 6.45) is 2.38. The van der Waals surface area contributed by atoms with E-state index in [0.29, 0.717) is 18.0 Å². The summed E-state index contributed by atoms with van der Waals surface area (Å²) in [5.41, 5.74) is 2.65. The molecule has 2 aliphatic rings. The molecule has 7 nitrogen and oxygen atoms in total. The highest BCUT2D eigenvalue weighted by atomic mass is 16.5. The Morgan fingerprint density at radius 2 is 1.85 bits per heavy atom. The predicted molar refractivity (Wildman–Crippen MR) is 135 cm³/mol. The quantitative estimate of drug-likeness (QED) is 0.570. The second-order valence-corrected chi connectivity index (χ2v) is 8.37. The van der Waals surface area contributed by atoms with Crippen LogP contribution in [0.4, 0.5) is 5.69 Å². The van der Waals surface area contributed by atoms with Crippen LogP contribution in [0.3, 0.4) is 0 Å². The average Bonchev–Trinajstić information content (AvgIpc) is 3.36. The van der Waals surface area contributed by atoms with Gasteiger partial charge in [-0.2, -0.15) is 0 Å². The molecule has 178 valence electrons. The minimum atomic E-state index is -0.0878. The topological polar surface area (TPSA) is 78.0 Å². The number of guanidine groups is 1. The third-order valence-electron chi connectivity index (χ3n) is 6.10. The molecule has 0 spiro atoms. The fraction of sp³-hybridized carbons (Fsp3) is 0.462. The summed E-state index contributed by atoms with van der Waals surface area (Å²) in [6, 6.07) is 15.4. The van der Waals surface area contributed by atoms with E-state index < -0.39 is 0 Å². The number of aliphatic imine (C=N–C) groups is 1. The van der Waals surface area contributed by atoms with E-state index in [4.69, 9.17) is 4.74 Å². The Kier molecular flexibility index (Phi) is 9.13. The highest BCUT2D eigenvalue weighted by molar-refractivity contribution is 5.95. The fourth-order valence-electron chi connectivity index (χ4n) is 3.99. The van der Waals surface area contributed by atoms with Crippen LogP contribution in [0.1, 0.15) is 43.1 Å². The zero-order valence-electron chi connectivity index (χ0n) is 18.8. The van der Waals surface area contributed by atoms with Crippen LogP contribution in [0.15, 0.2) is 53.5 Å². The third-order valence-corrected chi connectivity index (χ3v) is 6.10. The first-order chi connectivity index (χ1) is 15.7. The molecule has 7 heteroatoms. The lowest BCUT2D eigenvalue weighted by atomic mass is 9.98. The number of ether oxygens (including phenoxy) is 1. The second kappa shape index (κ2) is 12.3. The summed E-state index contributed by atoms with van der Waals surface area (Å²) < 4.78 is 5.97. The summed E-state index contributed by atoms with van der Waals surface area (Å²) in [4.78, 5) is 19.3. The monoisotopic (exact) mass is 451 g/mol. The Bertz CT molecular complexity index is 903. The van der Waals surface area contributed by atoms with Gasteiger partial charge in [0, 0.05) is 24.3 Å². The Morgan fingerprint density at radius 3 is 2.48 bits per heavy atom. The van der Waals surface area contributed by atoms with Crippen LogP contribution in [0.2, 0.25) is 0 Å². The van der Waals surface area contributed by atoms with E-state index in [1.807, 2.05) is 48.5 Å². The van der Waals surface area contributed by atoms with Crippen molar-refractivity contribution in [2.75, 3.05) is 44.6 Å². The maximum absolute atomic E-state index is 12.5. The van der Waals surface area contributed by atoms with Crippen molar-refractivity contribution in [3.8, 4) is 5.75 Å². The Labute approximate surface area is 197 Å². The summed E-state index contributed by atoms with van der Waals surface area (Å²) in [5.74, 6) is 2.16. The van der Waals surface area contributed by atoms with Crippen molar-refractivity contribution in [2.45, 2.75) is 33.7 Å². The van der Waals surface area contributed by atoms with E-state index in [9.17, 15) is 4.79 Å². The minimum Gasteiger partial charge on any atom is -0.493 e. The van der Waals surface area contributed by atoms with E-state index in [1.165, 1.54) is 12.8 Å². The highest BCUT2D eigenvalue weighted by Gasteiger charge is 2.18. The smallest absolute Gasteiger partial charge is 0.251 e. The van der Waals surface area contributed by atoms with Crippen molar-refractivity contribution in [2.24, 2.45) is 10.9 Å². The van der Waals surface area contributed by atoms with Crippen LogP contribution in [0, 0.1) is 5.92 Å². The van der Waals surface area contributed by atoms with Gasteiger partial charge in [0.2, 0.25) is 0 Å². The molecule has 1 saturated heterocycles. The maximum Gasteiger partial charge on any atom is 0.251 e. The number of carbonyl (C=O) groups excluding carboxylic acids is 1. The molecule has 0 bridgehead atoms. The van der Waals surface area contributed by atoms with Gasteiger partial charge >= 0.3 is 0 Å². The van der Waals surface area contributed by atoms with Crippen LogP contribution in [-0.4, -0.2) is 56.1 Å². The number of amides is 1. The number of hydrogen-bond acceptors (Lipinski definition) is 6. The Balaban J connectivity index is 0.00000306. The maximum atomic E-state index is 12.5. The normalized spacial score (nSPS) is 16.3. The van der Waals surface area contributed by atoms with Gasteiger partial charge in [0.15, 0.2) is 5.96 Å². The fourth-order valence-corrected chi connectivity index (χ4v) is 3.99. The van der Waals surface area contributed by atoms with Gasteiger partial charge in [-0.1, -0.05) is 26.5 Å². The molecule has 0 unspecified atom stereocenters. The number of benzene rings is 2. The molecule has 0 atom stereocenters. The van der Waals surface area contributed by atoms with Gasteiger partial charge in [-0.25, -0.2) is 0 Å². The van der Waals surface area contributed by atoms with Crippen molar-refractivity contribution in [1.29, 1.82) is 0 Å². The SMILES string of the molecule is C.CCN1CCC(COc2ccc(C(=O)NCc3ccc(NC4=NCCN4)cc3)cc2)CC1. The number of hydrogen-bond donors (Lipinski definition) is 3. The van der Waals surface area contributed by atoms with Crippen LogP contribution in [0.5, 0.6) is 5.75 Å². The van der Waals surface area contributed by atoms with Crippen LogP contribution in [-0.2, 0) is 6.54 Å². The molecule has 0 radical (unpaired) electrons. The van der Waals surface area contributed by atoms with Gasteiger partial charge in [-0.3, -0.25) is 9.79 Å². The molecule has 0 saturated carbocycles. The van der Waals surface area contributed by atoms with Crippen LogP contribution >= 0.6 is 0 Å². The molecule has 4 rings (SSSR count). The largest absolute Gasteiger partial charge is 0.493 e. The first-order valence-electron chi connectivity index (χ1n) is 11.6. The molecule has 1 fully saturated rings. The number of rotatable bonds is 8. The van der Waals surface area contributed by atoms with E-state index in [-0.39, 0.29) is 13.3 Å². The van der Waals surface area contributed by atoms with Crippen LogP contribution in [0.25, 0.3) is 0 Å². The van der Waals surface area contributed by atoms with Gasteiger partial charge in [0.05, 0.1) is 13.2 Å². The summed E-state index contributed by atoms with van der Waals surface area (Å²) in [7, 11) is 0. The summed E-state index contributed by atoms with van der Waals surface area (Å²) in [5, 5.41) is 9.40. The molecule has 0 aliphatic carbocycles. The predicted octanol–water partition coefficient (Wildman–Crippen LogP) is 3.73. The molecule has 2 aromatic rings. The number of nitrogens with one attached hydrogen (secondary N) is 3. The number of likely N-dealkylation sites (tertiary alicyclic amines) is 1. The van der Waals surface area contributed by atoms with Gasteiger partial charge in [-0.15, -0.1) is 0 Å². The van der Waals surface area contributed by atoms with E-state index in [2.05, 4.69) is 32.8 Å². The number of anilines is 1. The Hall–Kier alpha value is -3.06. The number of piperidine rings is 1. The molecular weight excluding hydrogens is 414 g/mol. The molecule has 1 amide bonds. The second-order valence-electron chi connectivity index (χ2n) is 8.37. The van der Waals surface area contributed by atoms with Crippen molar-refractivity contribution in [3.05, 3.63) is 59.7 Å². The van der Waals surface area contributed by atoms with Gasteiger partial charge in [-0.05, 0) is 80.4 Å². The third kappa shape index (κ3) is 7.22.